The molecule has 0 aromatic heterocycles. The van der Waals surface area contributed by atoms with E-state index in [2.05, 4.69) is 28.9 Å². The number of piperazine rings is 1. The molecule has 0 bridgehead atoms. The molecule has 99 valence electrons. The van der Waals surface area contributed by atoms with Gasteiger partial charge in [-0.2, -0.15) is 0 Å². The van der Waals surface area contributed by atoms with Gasteiger partial charge in [-0.05, 0) is 37.2 Å². The van der Waals surface area contributed by atoms with E-state index >= 15 is 0 Å². The second-order valence-electron chi connectivity index (χ2n) is 4.87. The first kappa shape index (κ1) is 13.7. The first-order valence-corrected chi connectivity index (χ1v) is 7.19. The van der Waals surface area contributed by atoms with Crippen molar-refractivity contribution in [1.29, 1.82) is 0 Å². The molecular formula is C15H22ClN2. The van der Waals surface area contributed by atoms with Crippen LogP contribution in [0.4, 0.5) is 5.69 Å². The van der Waals surface area contributed by atoms with Gasteiger partial charge in [-0.1, -0.05) is 31.4 Å². The summed E-state index contributed by atoms with van der Waals surface area (Å²) >= 11 is 5.91. The minimum atomic E-state index is 0.811. The number of benzene rings is 1. The van der Waals surface area contributed by atoms with Crippen LogP contribution in [0.15, 0.2) is 24.3 Å². The molecule has 1 saturated heterocycles. The third-order valence-corrected chi connectivity index (χ3v) is 3.79. The van der Waals surface area contributed by atoms with Crippen LogP contribution in [0, 0.1) is 6.92 Å². The van der Waals surface area contributed by atoms with E-state index in [1.807, 2.05) is 12.1 Å². The molecule has 0 saturated carbocycles. The summed E-state index contributed by atoms with van der Waals surface area (Å²) in [6, 6.07) is 8.16. The Hall–Kier alpha value is -0.730. The fraction of sp³-hybridized carbons (Fsp3) is 0.533. The van der Waals surface area contributed by atoms with Crippen LogP contribution in [-0.2, 0) is 0 Å². The highest BCUT2D eigenvalue weighted by Crippen LogP contribution is 2.19. The van der Waals surface area contributed by atoms with Crippen molar-refractivity contribution in [2.75, 3.05) is 37.6 Å². The molecule has 0 spiro atoms. The van der Waals surface area contributed by atoms with Crippen molar-refractivity contribution in [2.24, 2.45) is 0 Å². The normalized spacial score (nSPS) is 17.1. The zero-order valence-corrected chi connectivity index (χ0v) is 11.7. The lowest BCUT2D eigenvalue weighted by Gasteiger charge is -2.36. The van der Waals surface area contributed by atoms with E-state index in [0.717, 1.165) is 24.5 Å². The largest absolute Gasteiger partial charge is 0.369 e. The summed E-state index contributed by atoms with van der Waals surface area (Å²) in [5.41, 5.74) is 1.29. The van der Waals surface area contributed by atoms with Crippen molar-refractivity contribution < 1.29 is 0 Å². The van der Waals surface area contributed by atoms with Gasteiger partial charge in [0.2, 0.25) is 0 Å². The molecule has 1 aromatic rings. The Bertz CT molecular complexity index is 342. The molecule has 0 unspecified atom stereocenters. The summed E-state index contributed by atoms with van der Waals surface area (Å²) in [5, 5.41) is 0.811. The number of unbranched alkanes of at least 4 members (excludes halogenated alkanes) is 2. The lowest BCUT2D eigenvalue weighted by molar-refractivity contribution is 0.253. The number of hydrogen-bond acceptors (Lipinski definition) is 2. The zero-order chi connectivity index (χ0) is 12.8. The van der Waals surface area contributed by atoms with E-state index in [9.17, 15) is 0 Å². The molecule has 0 atom stereocenters. The van der Waals surface area contributed by atoms with Crippen molar-refractivity contribution in [3.05, 3.63) is 36.2 Å². The molecule has 1 fully saturated rings. The average molecular weight is 266 g/mol. The van der Waals surface area contributed by atoms with Gasteiger partial charge in [0.1, 0.15) is 0 Å². The fourth-order valence-corrected chi connectivity index (χ4v) is 2.52. The van der Waals surface area contributed by atoms with Crippen LogP contribution >= 0.6 is 11.6 Å². The van der Waals surface area contributed by atoms with E-state index in [4.69, 9.17) is 11.6 Å². The topological polar surface area (TPSA) is 6.48 Å². The predicted octanol–water partition coefficient (Wildman–Crippen LogP) is 3.47. The van der Waals surface area contributed by atoms with Gasteiger partial charge < -0.3 is 4.90 Å². The summed E-state index contributed by atoms with van der Waals surface area (Å²) in [5.74, 6) is 0. The summed E-state index contributed by atoms with van der Waals surface area (Å²) in [6.07, 6.45) is 3.59. The van der Waals surface area contributed by atoms with E-state index in [0.29, 0.717) is 0 Å². The Morgan fingerprint density at radius 1 is 1.00 bits per heavy atom. The quantitative estimate of drug-likeness (QED) is 0.753. The standard InChI is InChI=1S/C15H22ClN2/c1-2-3-4-9-17-10-12-18(13-11-17)15-7-5-14(16)6-8-15/h5-8H,1-4,9-13H2. The molecule has 1 aliphatic heterocycles. The minimum absolute atomic E-state index is 0.811. The molecular weight excluding hydrogens is 244 g/mol. The maximum atomic E-state index is 5.91. The highest BCUT2D eigenvalue weighted by molar-refractivity contribution is 6.30. The zero-order valence-electron chi connectivity index (χ0n) is 10.9. The molecule has 0 aliphatic carbocycles. The molecule has 18 heavy (non-hydrogen) atoms. The van der Waals surface area contributed by atoms with Crippen LogP contribution in [0.3, 0.4) is 0 Å². The van der Waals surface area contributed by atoms with Gasteiger partial charge in [0, 0.05) is 36.9 Å². The van der Waals surface area contributed by atoms with Crippen LogP contribution in [-0.4, -0.2) is 37.6 Å². The van der Waals surface area contributed by atoms with Crippen molar-refractivity contribution >= 4 is 17.3 Å². The van der Waals surface area contributed by atoms with Gasteiger partial charge in [-0.3, -0.25) is 4.90 Å². The Labute approximate surface area is 116 Å². The summed E-state index contributed by atoms with van der Waals surface area (Å²) in [7, 11) is 0. The van der Waals surface area contributed by atoms with Crippen LogP contribution in [0.1, 0.15) is 19.3 Å². The molecule has 2 rings (SSSR count). The van der Waals surface area contributed by atoms with Gasteiger partial charge in [0.15, 0.2) is 0 Å². The number of rotatable bonds is 5. The summed E-state index contributed by atoms with van der Waals surface area (Å²) in [6.45, 7) is 9.68. The first-order valence-electron chi connectivity index (χ1n) is 6.82. The molecule has 1 aliphatic rings. The first-order chi connectivity index (χ1) is 8.79. The van der Waals surface area contributed by atoms with E-state index < -0.39 is 0 Å². The molecule has 2 nitrogen and oxygen atoms in total. The maximum absolute atomic E-state index is 5.91. The Balaban J connectivity index is 1.77. The van der Waals surface area contributed by atoms with Crippen molar-refractivity contribution in [3.63, 3.8) is 0 Å². The molecule has 0 N–H and O–H groups in total. The predicted molar refractivity (Wildman–Crippen MR) is 79.3 cm³/mol. The number of anilines is 1. The average Bonchev–Trinajstić information content (AvgIpc) is 2.41. The van der Waals surface area contributed by atoms with Gasteiger partial charge in [-0.15, -0.1) is 0 Å². The van der Waals surface area contributed by atoms with Crippen LogP contribution in [0.2, 0.25) is 5.02 Å². The maximum Gasteiger partial charge on any atom is 0.0407 e. The molecule has 0 amide bonds. The van der Waals surface area contributed by atoms with E-state index in [1.54, 1.807) is 0 Å². The van der Waals surface area contributed by atoms with Crippen LogP contribution in [0.5, 0.6) is 0 Å². The lowest BCUT2D eigenvalue weighted by atomic mass is 10.2. The van der Waals surface area contributed by atoms with Crippen molar-refractivity contribution in [3.8, 4) is 0 Å². The van der Waals surface area contributed by atoms with E-state index in [1.165, 1.54) is 38.2 Å². The van der Waals surface area contributed by atoms with Crippen LogP contribution in [0.25, 0.3) is 0 Å². The smallest absolute Gasteiger partial charge is 0.0407 e. The second kappa shape index (κ2) is 7.01. The van der Waals surface area contributed by atoms with Gasteiger partial charge in [-0.25, -0.2) is 0 Å². The molecule has 3 heteroatoms. The Kier molecular flexibility index (Phi) is 5.33. The van der Waals surface area contributed by atoms with Crippen molar-refractivity contribution in [2.45, 2.75) is 19.3 Å². The minimum Gasteiger partial charge on any atom is -0.369 e. The number of hydrogen-bond donors (Lipinski definition) is 0. The summed E-state index contributed by atoms with van der Waals surface area (Å²) in [4.78, 5) is 5.00. The molecule has 1 aromatic carbocycles. The second-order valence-corrected chi connectivity index (χ2v) is 5.30. The third kappa shape index (κ3) is 3.89. The van der Waals surface area contributed by atoms with Gasteiger partial charge in [0.25, 0.3) is 0 Å². The molecule has 1 radical (unpaired) electrons. The third-order valence-electron chi connectivity index (χ3n) is 3.54. The van der Waals surface area contributed by atoms with Gasteiger partial charge >= 0.3 is 0 Å². The number of nitrogens with zero attached hydrogens (tertiary/aromatic N) is 2. The lowest BCUT2D eigenvalue weighted by Crippen LogP contribution is -2.46. The monoisotopic (exact) mass is 265 g/mol. The highest BCUT2D eigenvalue weighted by atomic mass is 35.5. The Morgan fingerprint density at radius 3 is 2.28 bits per heavy atom. The van der Waals surface area contributed by atoms with Crippen molar-refractivity contribution in [1.82, 2.24) is 4.90 Å². The fourth-order valence-electron chi connectivity index (χ4n) is 2.39. The Morgan fingerprint density at radius 2 is 1.67 bits per heavy atom. The van der Waals surface area contributed by atoms with E-state index in [-0.39, 0.29) is 0 Å². The van der Waals surface area contributed by atoms with Crippen LogP contribution < -0.4 is 4.90 Å². The SMILES string of the molecule is [CH2]CCCCN1CCN(c2ccc(Cl)cc2)CC1. The highest BCUT2D eigenvalue weighted by Gasteiger charge is 2.16. The molecule has 1 heterocycles. The summed E-state index contributed by atoms with van der Waals surface area (Å²) < 4.78 is 0. The van der Waals surface area contributed by atoms with Gasteiger partial charge in [0.05, 0.1) is 0 Å². The number of halogens is 1.